The Morgan fingerprint density at radius 2 is 2.10 bits per heavy atom. The molecule has 0 radical (unpaired) electrons. The third-order valence-corrected chi connectivity index (χ3v) is 2.59. The Labute approximate surface area is 121 Å². The maximum Gasteiger partial charge on any atom is 0.274 e. The molecule has 0 unspecified atom stereocenters. The lowest BCUT2D eigenvalue weighted by Gasteiger charge is -2.05. The van der Waals surface area contributed by atoms with Crippen molar-refractivity contribution >= 4 is 11.6 Å². The second-order valence-electron chi connectivity index (χ2n) is 4.14. The van der Waals surface area contributed by atoms with Crippen LogP contribution in [0.15, 0.2) is 42.6 Å². The van der Waals surface area contributed by atoms with Gasteiger partial charge in [-0.05, 0) is 24.3 Å². The molecule has 0 saturated heterocycles. The topological polar surface area (TPSA) is 62.2 Å². The molecule has 5 heteroatoms. The van der Waals surface area contributed by atoms with Crippen LogP contribution in [0.1, 0.15) is 22.5 Å². The average molecular weight is 284 g/mol. The van der Waals surface area contributed by atoms with Gasteiger partial charge < -0.3 is 10.4 Å². The van der Waals surface area contributed by atoms with Crippen LogP contribution in [0.5, 0.6) is 0 Å². The van der Waals surface area contributed by atoms with E-state index in [-0.39, 0.29) is 18.0 Å². The van der Waals surface area contributed by atoms with Crippen LogP contribution in [0.4, 0.5) is 10.1 Å². The van der Waals surface area contributed by atoms with Crippen molar-refractivity contribution in [1.29, 1.82) is 0 Å². The normalized spacial score (nSPS) is 9.62. The van der Waals surface area contributed by atoms with Gasteiger partial charge in [0.25, 0.3) is 5.91 Å². The molecule has 0 fully saturated rings. The number of carbonyl (C=O) groups excluding carboxylic acids is 1. The Balaban J connectivity index is 2.07. The zero-order chi connectivity index (χ0) is 15.1. The van der Waals surface area contributed by atoms with E-state index in [1.54, 1.807) is 18.2 Å². The summed E-state index contributed by atoms with van der Waals surface area (Å²) in [5.41, 5.74) is 0.924. The van der Waals surface area contributed by atoms with E-state index in [0.29, 0.717) is 12.0 Å². The van der Waals surface area contributed by atoms with E-state index in [9.17, 15) is 9.18 Å². The van der Waals surface area contributed by atoms with Crippen molar-refractivity contribution < 1.29 is 14.3 Å². The number of anilines is 1. The van der Waals surface area contributed by atoms with Gasteiger partial charge in [-0.3, -0.25) is 4.79 Å². The number of nitrogens with zero attached hydrogens (tertiary/aromatic N) is 1. The summed E-state index contributed by atoms with van der Waals surface area (Å²) >= 11 is 0. The van der Waals surface area contributed by atoms with E-state index >= 15 is 0 Å². The molecule has 1 amide bonds. The number of rotatable bonds is 3. The molecule has 2 N–H and O–H groups in total. The Kier molecular flexibility index (Phi) is 5.02. The summed E-state index contributed by atoms with van der Waals surface area (Å²) in [7, 11) is 0. The van der Waals surface area contributed by atoms with Gasteiger partial charge in [0.2, 0.25) is 0 Å². The summed E-state index contributed by atoms with van der Waals surface area (Å²) in [5, 5.41) is 11.1. The van der Waals surface area contributed by atoms with Crippen molar-refractivity contribution in [3.63, 3.8) is 0 Å². The number of benzene rings is 1. The summed E-state index contributed by atoms with van der Waals surface area (Å²) in [5.74, 6) is 4.57. The lowest BCUT2D eigenvalue weighted by Crippen LogP contribution is -2.14. The van der Waals surface area contributed by atoms with Crippen LogP contribution in [-0.2, 0) is 0 Å². The first kappa shape index (κ1) is 14.7. The van der Waals surface area contributed by atoms with Crippen LogP contribution in [0.25, 0.3) is 0 Å². The lowest BCUT2D eigenvalue weighted by molar-refractivity contribution is 0.102. The molecule has 0 bridgehead atoms. The third-order valence-electron chi connectivity index (χ3n) is 2.59. The van der Waals surface area contributed by atoms with Crippen molar-refractivity contribution in [3.8, 4) is 11.8 Å². The Morgan fingerprint density at radius 1 is 1.29 bits per heavy atom. The molecule has 0 atom stereocenters. The molecule has 2 rings (SSSR count). The van der Waals surface area contributed by atoms with Crippen molar-refractivity contribution in [2.75, 3.05) is 11.9 Å². The number of carbonyl (C=O) groups is 1. The highest BCUT2D eigenvalue weighted by Crippen LogP contribution is 2.13. The molecule has 1 heterocycles. The fraction of sp³-hybridized carbons (Fsp3) is 0.125. The molecular formula is C16H13FN2O2. The summed E-state index contributed by atoms with van der Waals surface area (Å²) < 4.78 is 13.4. The average Bonchev–Trinajstić information content (AvgIpc) is 2.50. The highest BCUT2D eigenvalue weighted by molar-refractivity contribution is 6.02. The maximum absolute atomic E-state index is 13.4. The third kappa shape index (κ3) is 4.13. The number of halogens is 1. The number of pyridine rings is 1. The van der Waals surface area contributed by atoms with Crippen molar-refractivity contribution in [1.82, 2.24) is 4.98 Å². The van der Waals surface area contributed by atoms with Crippen LogP contribution in [0.3, 0.4) is 0 Å². The van der Waals surface area contributed by atoms with Gasteiger partial charge in [-0.15, -0.1) is 0 Å². The van der Waals surface area contributed by atoms with Crippen molar-refractivity contribution in [2.45, 2.75) is 6.42 Å². The number of hydrogen-bond donors (Lipinski definition) is 2. The summed E-state index contributed by atoms with van der Waals surface area (Å²) in [4.78, 5) is 15.9. The van der Waals surface area contributed by atoms with E-state index in [0.717, 1.165) is 0 Å². The summed E-state index contributed by atoms with van der Waals surface area (Å²) in [6.45, 7) is 0.00353. The minimum Gasteiger partial charge on any atom is -0.395 e. The molecule has 0 aliphatic carbocycles. The molecule has 106 valence electrons. The van der Waals surface area contributed by atoms with Gasteiger partial charge in [0.05, 0.1) is 12.3 Å². The molecule has 0 aliphatic heterocycles. The fourth-order valence-electron chi connectivity index (χ4n) is 1.57. The zero-order valence-electron chi connectivity index (χ0n) is 11.1. The van der Waals surface area contributed by atoms with Gasteiger partial charge in [0, 0.05) is 18.2 Å². The first-order chi connectivity index (χ1) is 10.2. The number of aliphatic hydroxyl groups excluding tert-OH is 1. The lowest BCUT2D eigenvalue weighted by atomic mass is 10.2. The molecular weight excluding hydrogens is 271 g/mol. The molecule has 0 saturated carbocycles. The number of nitrogens with one attached hydrogen (secondary N) is 1. The number of aliphatic hydroxyl groups is 1. The largest absolute Gasteiger partial charge is 0.395 e. The van der Waals surface area contributed by atoms with Crippen LogP contribution < -0.4 is 5.32 Å². The predicted molar refractivity (Wildman–Crippen MR) is 77.2 cm³/mol. The Morgan fingerprint density at radius 3 is 2.76 bits per heavy atom. The van der Waals surface area contributed by atoms with Gasteiger partial charge in [-0.1, -0.05) is 24.0 Å². The summed E-state index contributed by atoms with van der Waals surface area (Å²) in [6, 6.07) is 9.08. The van der Waals surface area contributed by atoms with Gasteiger partial charge in [0.15, 0.2) is 0 Å². The maximum atomic E-state index is 13.4. The minimum absolute atomic E-state index is 0.00353. The van der Waals surface area contributed by atoms with Crippen molar-refractivity contribution in [3.05, 3.63) is 59.7 Å². The van der Waals surface area contributed by atoms with Crippen molar-refractivity contribution in [2.24, 2.45) is 0 Å². The molecule has 1 aromatic heterocycles. The first-order valence-electron chi connectivity index (χ1n) is 6.32. The smallest absolute Gasteiger partial charge is 0.274 e. The molecule has 0 spiro atoms. The predicted octanol–water partition coefficient (Wildman–Crippen LogP) is 2.21. The molecule has 4 nitrogen and oxygen atoms in total. The second-order valence-corrected chi connectivity index (χ2v) is 4.14. The monoisotopic (exact) mass is 284 g/mol. The Hall–Kier alpha value is -2.71. The first-order valence-corrected chi connectivity index (χ1v) is 6.32. The van der Waals surface area contributed by atoms with Gasteiger partial charge in [-0.25, -0.2) is 9.37 Å². The van der Waals surface area contributed by atoms with E-state index in [2.05, 4.69) is 22.1 Å². The highest BCUT2D eigenvalue weighted by atomic mass is 19.1. The molecule has 21 heavy (non-hydrogen) atoms. The van der Waals surface area contributed by atoms with E-state index in [1.165, 1.54) is 24.4 Å². The van der Waals surface area contributed by atoms with E-state index in [4.69, 9.17) is 5.11 Å². The van der Waals surface area contributed by atoms with E-state index < -0.39 is 11.7 Å². The van der Waals surface area contributed by atoms with Gasteiger partial charge in [0.1, 0.15) is 11.5 Å². The second kappa shape index (κ2) is 7.17. The van der Waals surface area contributed by atoms with Gasteiger partial charge >= 0.3 is 0 Å². The molecule has 2 aromatic rings. The Bertz CT molecular complexity index is 687. The number of para-hydroxylation sites is 1. The van der Waals surface area contributed by atoms with Crippen LogP contribution in [0, 0.1) is 17.7 Å². The van der Waals surface area contributed by atoms with Crippen LogP contribution in [-0.4, -0.2) is 22.6 Å². The standard InChI is InChI=1S/C16H13FN2O2/c17-13-6-1-2-7-14(13)19-16(21)15-9-8-12(11-18-15)5-3-4-10-20/h1-2,6-9,11,20H,4,10H2,(H,19,21). The molecule has 1 aromatic carbocycles. The van der Waals surface area contributed by atoms with Gasteiger partial charge in [-0.2, -0.15) is 0 Å². The number of amides is 1. The molecule has 0 aliphatic rings. The number of hydrogen-bond acceptors (Lipinski definition) is 3. The number of aromatic nitrogens is 1. The SMILES string of the molecule is O=C(Nc1ccccc1F)c1ccc(C#CCCO)cn1. The zero-order valence-corrected chi connectivity index (χ0v) is 11.1. The van der Waals surface area contributed by atoms with E-state index in [1.807, 2.05) is 0 Å². The highest BCUT2D eigenvalue weighted by Gasteiger charge is 2.09. The fourth-order valence-corrected chi connectivity index (χ4v) is 1.57. The van der Waals surface area contributed by atoms with Crippen LogP contribution >= 0.6 is 0 Å². The quantitative estimate of drug-likeness (QED) is 0.849. The van der Waals surface area contributed by atoms with Crippen LogP contribution in [0.2, 0.25) is 0 Å². The minimum atomic E-state index is -0.502. The summed E-state index contributed by atoms with van der Waals surface area (Å²) in [6.07, 6.45) is 1.84.